The van der Waals surface area contributed by atoms with E-state index >= 15 is 0 Å². The lowest BCUT2D eigenvalue weighted by molar-refractivity contribution is 0.581. The van der Waals surface area contributed by atoms with Gasteiger partial charge in [-0.25, -0.2) is 12.8 Å². The molecule has 0 fully saturated rings. The SMILES string of the molecule is Cc1ccc(N(C(C)c2ccccc2)S(=O)(=O)c2ccccc2)cc1F. The molecule has 0 bridgehead atoms. The van der Waals surface area contributed by atoms with E-state index < -0.39 is 21.9 Å². The average molecular weight is 369 g/mol. The highest BCUT2D eigenvalue weighted by molar-refractivity contribution is 7.92. The molecule has 0 aliphatic carbocycles. The molecule has 0 aromatic heterocycles. The first-order chi connectivity index (χ1) is 12.4. The van der Waals surface area contributed by atoms with Crippen molar-refractivity contribution in [2.75, 3.05) is 4.31 Å². The molecule has 5 heteroatoms. The molecular weight excluding hydrogens is 349 g/mol. The van der Waals surface area contributed by atoms with E-state index in [1.807, 2.05) is 30.3 Å². The summed E-state index contributed by atoms with van der Waals surface area (Å²) in [5, 5.41) is 0. The molecule has 0 aliphatic heterocycles. The quantitative estimate of drug-likeness (QED) is 0.628. The topological polar surface area (TPSA) is 37.4 Å². The lowest BCUT2D eigenvalue weighted by Crippen LogP contribution is -2.33. The van der Waals surface area contributed by atoms with Crippen molar-refractivity contribution in [2.45, 2.75) is 24.8 Å². The maximum absolute atomic E-state index is 14.2. The van der Waals surface area contributed by atoms with Crippen LogP contribution in [0.3, 0.4) is 0 Å². The number of nitrogens with zero attached hydrogens (tertiary/aromatic N) is 1. The van der Waals surface area contributed by atoms with Crippen LogP contribution in [0.15, 0.2) is 83.8 Å². The number of benzene rings is 3. The molecule has 1 unspecified atom stereocenters. The van der Waals surface area contributed by atoms with Gasteiger partial charge in [0.1, 0.15) is 5.82 Å². The van der Waals surface area contributed by atoms with Gasteiger partial charge in [0.05, 0.1) is 16.6 Å². The van der Waals surface area contributed by atoms with Crippen LogP contribution in [-0.2, 0) is 10.0 Å². The molecular formula is C21H20FNO2S. The zero-order valence-electron chi connectivity index (χ0n) is 14.6. The van der Waals surface area contributed by atoms with Crippen molar-refractivity contribution in [1.29, 1.82) is 0 Å². The highest BCUT2D eigenvalue weighted by Crippen LogP contribution is 2.33. The monoisotopic (exact) mass is 369 g/mol. The predicted molar refractivity (Wildman–Crippen MR) is 102 cm³/mol. The number of halogens is 1. The van der Waals surface area contributed by atoms with Gasteiger partial charge >= 0.3 is 0 Å². The Labute approximate surface area is 153 Å². The van der Waals surface area contributed by atoms with Crippen molar-refractivity contribution in [1.82, 2.24) is 0 Å². The summed E-state index contributed by atoms with van der Waals surface area (Å²) in [5.41, 5.74) is 1.60. The van der Waals surface area contributed by atoms with Crippen LogP contribution in [0.25, 0.3) is 0 Å². The van der Waals surface area contributed by atoms with Crippen molar-refractivity contribution in [3.63, 3.8) is 0 Å². The lowest BCUT2D eigenvalue weighted by atomic mass is 10.1. The van der Waals surface area contributed by atoms with E-state index in [0.29, 0.717) is 11.3 Å². The van der Waals surface area contributed by atoms with Gasteiger partial charge in [-0.15, -0.1) is 0 Å². The third-order valence-corrected chi connectivity index (χ3v) is 6.26. The Morgan fingerprint density at radius 3 is 2.04 bits per heavy atom. The first-order valence-corrected chi connectivity index (χ1v) is 9.76. The minimum atomic E-state index is -3.86. The Balaban J connectivity index is 2.17. The second-order valence-electron chi connectivity index (χ2n) is 6.13. The maximum atomic E-state index is 14.2. The summed E-state index contributed by atoms with van der Waals surface area (Å²) in [6.07, 6.45) is 0. The standard InChI is InChI=1S/C21H20FNO2S/c1-16-13-14-19(15-21(16)22)23(17(2)18-9-5-3-6-10-18)26(24,25)20-11-7-4-8-12-20/h3-15,17H,1-2H3. The molecule has 0 heterocycles. The number of hydrogen-bond acceptors (Lipinski definition) is 2. The molecule has 3 aromatic rings. The second-order valence-corrected chi connectivity index (χ2v) is 7.95. The summed E-state index contributed by atoms with van der Waals surface area (Å²) >= 11 is 0. The van der Waals surface area contributed by atoms with Crippen LogP contribution in [0, 0.1) is 12.7 Å². The van der Waals surface area contributed by atoms with E-state index in [1.54, 1.807) is 56.3 Å². The molecule has 0 amide bonds. The van der Waals surface area contributed by atoms with Gasteiger partial charge < -0.3 is 0 Å². The molecule has 0 saturated heterocycles. The van der Waals surface area contributed by atoms with Crippen molar-refractivity contribution in [2.24, 2.45) is 0 Å². The largest absolute Gasteiger partial charge is 0.264 e. The third kappa shape index (κ3) is 3.48. The number of sulfonamides is 1. The first kappa shape index (κ1) is 18.1. The van der Waals surface area contributed by atoms with Gasteiger partial charge in [0.25, 0.3) is 10.0 Å². The average Bonchev–Trinajstić information content (AvgIpc) is 2.66. The van der Waals surface area contributed by atoms with Crippen molar-refractivity contribution >= 4 is 15.7 Å². The van der Waals surface area contributed by atoms with Crippen LogP contribution in [0.2, 0.25) is 0 Å². The molecule has 134 valence electrons. The third-order valence-electron chi connectivity index (χ3n) is 4.34. The van der Waals surface area contributed by atoms with E-state index in [-0.39, 0.29) is 4.90 Å². The zero-order valence-corrected chi connectivity index (χ0v) is 15.4. The minimum absolute atomic E-state index is 0.170. The van der Waals surface area contributed by atoms with Crippen LogP contribution in [0.1, 0.15) is 24.1 Å². The zero-order chi connectivity index (χ0) is 18.7. The Hall–Kier alpha value is -2.66. The highest BCUT2D eigenvalue weighted by Gasteiger charge is 2.30. The molecule has 26 heavy (non-hydrogen) atoms. The molecule has 0 spiro atoms. The number of aryl methyl sites for hydroxylation is 1. The maximum Gasteiger partial charge on any atom is 0.264 e. The molecule has 0 N–H and O–H groups in total. The summed E-state index contributed by atoms with van der Waals surface area (Å²) in [7, 11) is -3.86. The fourth-order valence-electron chi connectivity index (χ4n) is 2.86. The van der Waals surface area contributed by atoms with Gasteiger partial charge in [-0.2, -0.15) is 0 Å². The smallest absolute Gasteiger partial charge is 0.259 e. The molecule has 0 radical (unpaired) electrons. The Bertz CT molecular complexity index is 989. The minimum Gasteiger partial charge on any atom is -0.259 e. The first-order valence-electron chi connectivity index (χ1n) is 8.32. The molecule has 0 aliphatic rings. The summed E-state index contributed by atoms with van der Waals surface area (Å²) in [5.74, 6) is -0.434. The summed E-state index contributed by atoms with van der Waals surface area (Å²) < 4.78 is 42.1. The van der Waals surface area contributed by atoms with Gasteiger partial charge in [0.2, 0.25) is 0 Å². The normalized spacial score (nSPS) is 12.6. The van der Waals surface area contributed by atoms with Gasteiger partial charge in [-0.05, 0) is 49.2 Å². The Morgan fingerprint density at radius 1 is 0.885 bits per heavy atom. The predicted octanol–water partition coefficient (Wildman–Crippen LogP) is 5.09. The van der Waals surface area contributed by atoms with E-state index in [2.05, 4.69) is 0 Å². The Morgan fingerprint density at radius 2 is 1.46 bits per heavy atom. The van der Waals surface area contributed by atoms with Gasteiger partial charge in [-0.1, -0.05) is 54.6 Å². The second kappa shape index (κ2) is 7.30. The lowest BCUT2D eigenvalue weighted by Gasteiger charge is -2.31. The van der Waals surface area contributed by atoms with Crippen molar-refractivity contribution in [3.05, 3.63) is 95.8 Å². The molecule has 3 nitrogen and oxygen atoms in total. The van der Waals surface area contributed by atoms with E-state index in [1.165, 1.54) is 10.4 Å². The molecule has 0 saturated carbocycles. The van der Waals surface area contributed by atoms with Crippen LogP contribution in [-0.4, -0.2) is 8.42 Å². The van der Waals surface area contributed by atoms with Crippen molar-refractivity contribution < 1.29 is 12.8 Å². The van der Waals surface area contributed by atoms with Crippen LogP contribution < -0.4 is 4.31 Å². The van der Waals surface area contributed by atoms with Crippen molar-refractivity contribution in [3.8, 4) is 0 Å². The van der Waals surface area contributed by atoms with E-state index in [0.717, 1.165) is 5.56 Å². The van der Waals surface area contributed by atoms with Gasteiger partial charge in [-0.3, -0.25) is 4.31 Å². The molecule has 1 atom stereocenters. The van der Waals surface area contributed by atoms with Crippen LogP contribution in [0.5, 0.6) is 0 Å². The van der Waals surface area contributed by atoms with Gasteiger partial charge in [0, 0.05) is 0 Å². The number of rotatable bonds is 5. The van der Waals surface area contributed by atoms with Crippen LogP contribution in [0.4, 0.5) is 10.1 Å². The number of hydrogen-bond donors (Lipinski definition) is 0. The molecule has 3 rings (SSSR count). The Kier molecular flexibility index (Phi) is 5.09. The number of anilines is 1. The molecule has 3 aromatic carbocycles. The van der Waals surface area contributed by atoms with E-state index in [4.69, 9.17) is 0 Å². The van der Waals surface area contributed by atoms with Crippen LogP contribution >= 0.6 is 0 Å². The van der Waals surface area contributed by atoms with E-state index in [9.17, 15) is 12.8 Å². The van der Waals surface area contributed by atoms with Gasteiger partial charge in [0.15, 0.2) is 0 Å². The fraction of sp³-hybridized carbons (Fsp3) is 0.143. The summed E-state index contributed by atoms with van der Waals surface area (Å²) in [4.78, 5) is 0.170. The summed E-state index contributed by atoms with van der Waals surface area (Å²) in [6, 6.07) is 21.5. The fourth-order valence-corrected chi connectivity index (χ4v) is 4.52. The summed E-state index contributed by atoms with van der Waals surface area (Å²) in [6.45, 7) is 3.45. The highest BCUT2D eigenvalue weighted by atomic mass is 32.2.